The van der Waals surface area contributed by atoms with Crippen LogP contribution in [0.3, 0.4) is 0 Å². The number of fused-ring (bicyclic) bond motifs is 24. The van der Waals surface area contributed by atoms with Gasteiger partial charge in [-0.15, -0.1) is 28.6 Å². The molecule has 0 N–H and O–H groups in total. The Morgan fingerprint density at radius 2 is 0.965 bits per heavy atom. The summed E-state index contributed by atoms with van der Waals surface area (Å²) in [4.78, 5) is 14.8. The smallest absolute Gasteiger partial charge is 0.153 e. The number of aromatic nitrogens is 3. The Labute approximate surface area is 336 Å². The third kappa shape index (κ3) is 4.40. The monoisotopic (exact) mass is 779 g/mol. The van der Waals surface area contributed by atoms with E-state index in [4.69, 9.17) is 24.1 Å². The van der Waals surface area contributed by atoms with Crippen molar-refractivity contribution in [3.8, 4) is 0 Å². The fraction of sp³-hybridized carbons (Fsp3) is 0.0200. The van der Waals surface area contributed by atoms with Crippen molar-refractivity contribution in [2.24, 2.45) is 0 Å². The zero-order chi connectivity index (χ0) is 36.5. The normalized spacial score (nSPS) is 12.8. The van der Waals surface area contributed by atoms with Gasteiger partial charge in [0.05, 0.1) is 5.39 Å². The van der Waals surface area contributed by atoms with Crippen LogP contribution in [-0.4, -0.2) is 11.5 Å². The number of benzene rings is 8. The fourth-order valence-electron chi connectivity index (χ4n) is 9.34. The van der Waals surface area contributed by atoms with Gasteiger partial charge in [-0.25, -0.2) is 0 Å². The number of pyridine rings is 1. The number of hydrogen-bond acceptors (Lipinski definition) is 3. The summed E-state index contributed by atoms with van der Waals surface area (Å²) in [6, 6.07) is 46.3. The Balaban J connectivity index is 0.000000123. The molecule has 0 aliphatic carbocycles. The first-order valence-electron chi connectivity index (χ1n) is 18.8. The predicted molar refractivity (Wildman–Crippen MR) is 231 cm³/mol. The second-order valence-electron chi connectivity index (χ2n) is 14.5. The number of furan rings is 2. The molecule has 14 rings (SSSR count). The largest absolute Gasteiger partial charge is 0.678 e. The van der Waals surface area contributed by atoms with E-state index in [-0.39, 0.29) is 19.5 Å². The van der Waals surface area contributed by atoms with Crippen LogP contribution in [0.2, 0.25) is 0 Å². The molecule has 0 unspecified atom stereocenters. The molecule has 0 spiro atoms. The summed E-state index contributed by atoms with van der Waals surface area (Å²) < 4.78 is 12.2. The molecule has 1 aliphatic heterocycles. The molecule has 0 saturated heterocycles. The van der Waals surface area contributed by atoms with E-state index in [1.54, 1.807) is 0 Å². The first-order valence-corrected chi connectivity index (χ1v) is 18.8. The first-order chi connectivity index (χ1) is 27.8. The summed E-state index contributed by atoms with van der Waals surface area (Å²) in [5.41, 5.74) is 8.49. The van der Waals surface area contributed by atoms with E-state index in [0.29, 0.717) is 6.54 Å². The number of para-hydroxylation sites is 2. The van der Waals surface area contributed by atoms with Crippen LogP contribution >= 0.6 is 0 Å². The van der Waals surface area contributed by atoms with Crippen LogP contribution in [0, 0.1) is 0 Å². The summed E-state index contributed by atoms with van der Waals surface area (Å²) in [5.74, 6) is 0.839. The Hall–Kier alpha value is -6.95. The SMILES string of the molecule is C1=Cc2oc3ccc4c5ccccc5c5c6ccccc6[n-]c5c4c3c2[N-]C1.[Zn].c1ccc2c(c1)[n-]c1c2c2ccccc2c2ccc3oc4cccnc4c3c21. The molecule has 0 bridgehead atoms. The van der Waals surface area contributed by atoms with Gasteiger partial charge in [-0.2, -0.15) is 0 Å². The summed E-state index contributed by atoms with van der Waals surface area (Å²) >= 11 is 0. The average Bonchev–Trinajstić information content (AvgIpc) is 4.04. The Bertz CT molecular complexity index is 3850. The van der Waals surface area contributed by atoms with Crippen molar-refractivity contribution in [1.82, 2.24) is 15.0 Å². The molecule has 0 fully saturated rings. The van der Waals surface area contributed by atoms with Crippen molar-refractivity contribution < 1.29 is 28.3 Å². The van der Waals surface area contributed by atoms with Crippen molar-refractivity contribution in [2.75, 3.05) is 6.54 Å². The van der Waals surface area contributed by atoms with Gasteiger partial charge in [-0.3, -0.25) is 4.98 Å². The minimum Gasteiger partial charge on any atom is -0.678 e. The molecule has 6 nitrogen and oxygen atoms in total. The molecule has 0 amide bonds. The summed E-state index contributed by atoms with van der Waals surface area (Å²) in [7, 11) is 0. The van der Waals surface area contributed by atoms with E-state index in [2.05, 4.69) is 114 Å². The Kier molecular flexibility index (Phi) is 6.82. The maximum atomic E-state index is 6.13. The standard InChI is InChI=1S/C25H14N2O.C25H13N2O.Zn/c2*1-2-7-15-14(6-1)16-11-12-19-23(24-20(28-19)10-5-13-26-24)22(16)25-21(15)17-8-3-4-9-18(17)27-25;/h1-12H,13H2;1-13H;/q-2;-1;. The zero-order valence-corrected chi connectivity index (χ0v) is 33.4. The van der Waals surface area contributed by atoms with Crippen molar-refractivity contribution in [3.05, 3.63) is 157 Å². The zero-order valence-electron chi connectivity index (χ0n) is 30.5. The minimum absolute atomic E-state index is 0. The molecule has 1 aliphatic rings. The van der Waals surface area contributed by atoms with Crippen LogP contribution in [0.25, 0.3) is 131 Å². The molecule has 0 saturated carbocycles. The summed E-state index contributed by atoms with van der Waals surface area (Å²) in [5, 5.41) is 21.3. The summed E-state index contributed by atoms with van der Waals surface area (Å²) in [6.07, 6.45) is 5.89. The van der Waals surface area contributed by atoms with E-state index in [1.165, 1.54) is 53.9 Å². The van der Waals surface area contributed by atoms with E-state index in [0.717, 1.165) is 77.3 Å². The van der Waals surface area contributed by atoms with Gasteiger partial charge in [-0.1, -0.05) is 121 Å². The van der Waals surface area contributed by atoms with Gasteiger partial charge in [0.1, 0.15) is 22.4 Å². The van der Waals surface area contributed by atoms with Crippen molar-refractivity contribution in [3.63, 3.8) is 0 Å². The van der Waals surface area contributed by atoms with E-state index in [9.17, 15) is 0 Å². The Morgan fingerprint density at radius 1 is 0.439 bits per heavy atom. The second kappa shape index (κ2) is 12.0. The average molecular weight is 781 g/mol. The molecular formula is C50H27N4O2Zn-3. The van der Waals surface area contributed by atoms with Gasteiger partial charge in [0.2, 0.25) is 0 Å². The van der Waals surface area contributed by atoms with Crippen LogP contribution < -0.4 is 9.97 Å². The van der Waals surface area contributed by atoms with Crippen molar-refractivity contribution >= 4 is 132 Å². The van der Waals surface area contributed by atoms with Crippen LogP contribution in [-0.2, 0) is 19.5 Å². The number of rotatable bonds is 0. The molecule has 264 valence electrons. The third-order valence-electron chi connectivity index (χ3n) is 11.6. The fourth-order valence-corrected chi connectivity index (χ4v) is 9.34. The number of nitrogens with zero attached hydrogens (tertiary/aromatic N) is 4. The molecule has 6 heterocycles. The van der Waals surface area contributed by atoms with Crippen LogP contribution in [0.4, 0.5) is 5.69 Å². The van der Waals surface area contributed by atoms with Crippen LogP contribution in [0.15, 0.2) is 155 Å². The maximum Gasteiger partial charge on any atom is 0.153 e. The van der Waals surface area contributed by atoms with E-state index in [1.807, 2.05) is 42.6 Å². The number of hydrogen-bond donors (Lipinski definition) is 0. The summed E-state index contributed by atoms with van der Waals surface area (Å²) in [6.45, 7) is 0.686. The third-order valence-corrected chi connectivity index (χ3v) is 11.6. The molecule has 13 aromatic rings. The molecule has 0 radical (unpaired) electrons. The topological polar surface area (TPSA) is 81.5 Å². The van der Waals surface area contributed by atoms with Gasteiger partial charge < -0.3 is 24.1 Å². The maximum absolute atomic E-state index is 6.13. The first kappa shape index (κ1) is 32.3. The Morgan fingerprint density at radius 3 is 1.60 bits per heavy atom. The van der Waals surface area contributed by atoms with Gasteiger partial charge in [0.25, 0.3) is 0 Å². The quantitative estimate of drug-likeness (QED) is 0.113. The second-order valence-corrected chi connectivity index (χ2v) is 14.5. The van der Waals surface area contributed by atoms with Crippen LogP contribution in [0.1, 0.15) is 5.76 Å². The minimum atomic E-state index is 0. The molecule has 57 heavy (non-hydrogen) atoms. The van der Waals surface area contributed by atoms with Gasteiger partial charge >= 0.3 is 0 Å². The van der Waals surface area contributed by atoms with Crippen LogP contribution in [0.5, 0.6) is 0 Å². The molecule has 5 aromatic heterocycles. The van der Waals surface area contributed by atoms with Gasteiger partial charge in [0.15, 0.2) is 5.58 Å². The molecular weight excluding hydrogens is 754 g/mol. The van der Waals surface area contributed by atoms with Gasteiger partial charge in [-0.05, 0) is 95.0 Å². The molecule has 7 heteroatoms. The van der Waals surface area contributed by atoms with E-state index < -0.39 is 0 Å². The van der Waals surface area contributed by atoms with E-state index >= 15 is 0 Å². The molecule has 0 atom stereocenters. The van der Waals surface area contributed by atoms with Crippen molar-refractivity contribution in [2.45, 2.75) is 0 Å². The predicted octanol–water partition coefficient (Wildman–Crippen LogP) is 13.6. The van der Waals surface area contributed by atoms with Crippen molar-refractivity contribution in [1.29, 1.82) is 0 Å². The molecule has 8 aromatic carbocycles. The van der Waals surface area contributed by atoms with Gasteiger partial charge in [0, 0.05) is 31.1 Å².